The number of rotatable bonds is 3. The van der Waals surface area contributed by atoms with Crippen LogP contribution in [-0.2, 0) is 9.84 Å². The van der Waals surface area contributed by atoms with Crippen molar-refractivity contribution in [2.45, 2.75) is 4.90 Å². The fourth-order valence-electron chi connectivity index (χ4n) is 2.13. The summed E-state index contributed by atoms with van der Waals surface area (Å²) >= 11 is 0. The van der Waals surface area contributed by atoms with Gasteiger partial charge in [-0.1, -0.05) is 0 Å². The van der Waals surface area contributed by atoms with Crippen LogP contribution in [0.1, 0.15) is 0 Å². The number of fused-ring (bicyclic) bond motifs is 1. The predicted molar refractivity (Wildman–Crippen MR) is 78.6 cm³/mol. The van der Waals surface area contributed by atoms with Crippen molar-refractivity contribution in [2.24, 2.45) is 0 Å². The van der Waals surface area contributed by atoms with Gasteiger partial charge in [-0.15, -0.1) is 0 Å². The zero-order chi connectivity index (χ0) is 15.0. The van der Waals surface area contributed by atoms with E-state index in [0.29, 0.717) is 16.9 Å². The second-order valence-corrected chi connectivity index (χ2v) is 6.59. The molecule has 3 aromatic rings. The quantitative estimate of drug-likeness (QED) is 0.734. The minimum Gasteiger partial charge on any atom is -0.415 e. The summed E-state index contributed by atoms with van der Waals surface area (Å²) in [7, 11) is -1.74. The van der Waals surface area contributed by atoms with Gasteiger partial charge in [0.05, 0.1) is 10.4 Å². The van der Waals surface area contributed by atoms with Crippen molar-refractivity contribution < 1.29 is 13.3 Å². The Bertz CT molecular complexity index is 902. The summed E-state index contributed by atoms with van der Waals surface area (Å²) in [6.07, 6.45) is 4.52. The fourth-order valence-corrected chi connectivity index (χ4v) is 2.77. The molecule has 3 rings (SSSR count). The predicted octanol–water partition coefficient (Wildman–Crippen LogP) is 1.56. The minimum absolute atomic E-state index is 0.230. The smallest absolute Gasteiger partial charge is 0.178 e. The first-order valence-corrected chi connectivity index (χ1v) is 8.07. The van der Waals surface area contributed by atoms with Crippen molar-refractivity contribution in [1.82, 2.24) is 14.7 Å². The molecule has 0 aliphatic rings. The maximum Gasteiger partial charge on any atom is 0.178 e. The highest BCUT2D eigenvalue weighted by Crippen LogP contribution is 2.25. The van der Waals surface area contributed by atoms with Crippen molar-refractivity contribution in [2.75, 3.05) is 13.4 Å². The zero-order valence-electron chi connectivity index (χ0n) is 11.5. The molecule has 0 amide bonds. The molecule has 6 nitrogen and oxygen atoms in total. The van der Waals surface area contributed by atoms with Crippen molar-refractivity contribution in [3.8, 4) is 11.4 Å². The van der Waals surface area contributed by atoms with Gasteiger partial charge in [-0.25, -0.2) is 13.4 Å². The lowest BCUT2D eigenvalue weighted by Gasteiger charge is -2.06. The number of nitrogens with zero attached hydrogens (tertiary/aromatic N) is 3. The number of pyridine rings is 1. The van der Waals surface area contributed by atoms with E-state index in [1.165, 1.54) is 13.4 Å². The molecule has 7 heteroatoms. The third-order valence-electron chi connectivity index (χ3n) is 3.11. The molecule has 0 bridgehead atoms. The molecule has 0 fully saturated rings. The van der Waals surface area contributed by atoms with E-state index in [1.54, 1.807) is 41.4 Å². The second-order valence-electron chi connectivity index (χ2n) is 4.58. The van der Waals surface area contributed by atoms with Crippen LogP contribution in [0.15, 0.2) is 47.6 Å². The number of hydrogen-bond acceptors (Lipinski definition) is 5. The zero-order valence-corrected chi connectivity index (χ0v) is 12.3. The molecule has 2 heterocycles. The molecular weight excluding hydrogens is 290 g/mol. The van der Waals surface area contributed by atoms with E-state index >= 15 is 0 Å². The Hall–Kier alpha value is -2.41. The Morgan fingerprint density at radius 1 is 1.24 bits per heavy atom. The van der Waals surface area contributed by atoms with Crippen LogP contribution >= 0.6 is 0 Å². The molecule has 0 unspecified atom stereocenters. The number of imidazole rings is 1. The summed E-state index contributed by atoms with van der Waals surface area (Å²) in [5.74, 6) is 0.575. The first kappa shape index (κ1) is 13.6. The SMILES string of the molecule is COn1c(-c2cccnc2)nc2cc(S(C)(=O)=O)ccc21. The fraction of sp³-hybridized carbons (Fsp3) is 0.143. The second kappa shape index (κ2) is 4.85. The summed E-state index contributed by atoms with van der Waals surface area (Å²) in [6.45, 7) is 0. The Balaban J connectivity index is 2.28. The molecule has 0 radical (unpaired) electrons. The Labute approximate surface area is 121 Å². The third kappa shape index (κ3) is 2.36. The van der Waals surface area contributed by atoms with Gasteiger partial charge in [0.15, 0.2) is 15.7 Å². The molecule has 0 N–H and O–H groups in total. The van der Waals surface area contributed by atoms with E-state index in [0.717, 1.165) is 5.56 Å². The van der Waals surface area contributed by atoms with E-state index in [2.05, 4.69) is 9.97 Å². The van der Waals surface area contributed by atoms with Crippen LogP contribution in [0.4, 0.5) is 0 Å². The Kier molecular flexibility index (Phi) is 3.13. The van der Waals surface area contributed by atoms with Crippen LogP contribution in [0.2, 0.25) is 0 Å². The lowest BCUT2D eigenvalue weighted by Crippen LogP contribution is -2.07. The van der Waals surface area contributed by atoms with Crippen LogP contribution in [0, 0.1) is 0 Å². The van der Waals surface area contributed by atoms with E-state index in [4.69, 9.17) is 4.84 Å². The first-order chi connectivity index (χ1) is 10.0. The lowest BCUT2D eigenvalue weighted by molar-refractivity contribution is 0.182. The van der Waals surface area contributed by atoms with Gasteiger partial charge in [-0.2, -0.15) is 4.73 Å². The monoisotopic (exact) mass is 303 g/mol. The van der Waals surface area contributed by atoms with Crippen LogP contribution in [0.3, 0.4) is 0 Å². The lowest BCUT2D eigenvalue weighted by atomic mass is 10.3. The minimum atomic E-state index is -3.27. The van der Waals surface area contributed by atoms with Crippen molar-refractivity contribution >= 4 is 20.9 Å². The molecule has 0 saturated heterocycles. The molecule has 0 aliphatic carbocycles. The van der Waals surface area contributed by atoms with Gasteiger partial charge < -0.3 is 4.84 Å². The van der Waals surface area contributed by atoms with Gasteiger partial charge in [0, 0.05) is 24.2 Å². The molecular formula is C14H13N3O3S. The average molecular weight is 303 g/mol. The molecule has 21 heavy (non-hydrogen) atoms. The molecule has 0 spiro atoms. The van der Waals surface area contributed by atoms with E-state index < -0.39 is 9.84 Å². The highest BCUT2D eigenvalue weighted by Gasteiger charge is 2.16. The van der Waals surface area contributed by atoms with Gasteiger partial charge in [-0.3, -0.25) is 4.98 Å². The number of benzene rings is 1. The first-order valence-electron chi connectivity index (χ1n) is 6.18. The van der Waals surface area contributed by atoms with Crippen LogP contribution < -0.4 is 4.84 Å². The third-order valence-corrected chi connectivity index (χ3v) is 4.23. The van der Waals surface area contributed by atoms with Crippen LogP contribution in [0.5, 0.6) is 0 Å². The van der Waals surface area contributed by atoms with Gasteiger partial charge >= 0.3 is 0 Å². The number of hydrogen-bond donors (Lipinski definition) is 0. The normalized spacial score (nSPS) is 11.7. The molecule has 1 aromatic carbocycles. The molecule has 0 saturated carbocycles. The summed E-state index contributed by atoms with van der Waals surface area (Å²) in [6, 6.07) is 8.43. The average Bonchev–Trinajstić information content (AvgIpc) is 2.84. The van der Waals surface area contributed by atoms with E-state index in [-0.39, 0.29) is 4.90 Å². The van der Waals surface area contributed by atoms with Gasteiger partial charge in [0.25, 0.3) is 0 Å². The maximum absolute atomic E-state index is 11.6. The highest BCUT2D eigenvalue weighted by molar-refractivity contribution is 7.90. The summed E-state index contributed by atoms with van der Waals surface area (Å²) in [4.78, 5) is 14.1. The van der Waals surface area contributed by atoms with Crippen molar-refractivity contribution in [3.05, 3.63) is 42.7 Å². The van der Waals surface area contributed by atoms with Gasteiger partial charge in [-0.05, 0) is 30.3 Å². The molecule has 0 atom stereocenters. The summed E-state index contributed by atoms with van der Waals surface area (Å²) in [5, 5.41) is 0. The maximum atomic E-state index is 11.6. The summed E-state index contributed by atoms with van der Waals surface area (Å²) in [5.41, 5.74) is 2.04. The van der Waals surface area contributed by atoms with Gasteiger partial charge in [0.2, 0.25) is 0 Å². The van der Waals surface area contributed by atoms with Gasteiger partial charge in [0.1, 0.15) is 12.6 Å². The standard InChI is InChI=1S/C14H13N3O3S/c1-20-17-13-6-5-11(21(2,18)19)8-12(13)16-14(17)10-4-3-7-15-9-10/h3-9H,1-2H3. The van der Waals surface area contributed by atoms with Crippen molar-refractivity contribution in [1.29, 1.82) is 0 Å². The number of aromatic nitrogens is 3. The van der Waals surface area contributed by atoms with Crippen molar-refractivity contribution in [3.63, 3.8) is 0 Å². The topological polar surface area (TPSA) is 74.1 Å². The largest absolute Gasteiger partial charge is 0.415 e. The number of sulfone groups is 1. The summed E-state index contributed by atoms with van der Waals surface area (Å²) < 4.78 is 24.8. The molecule has 108 valence electrons. The molecule has 2 aromatic heterocycles. The Morgan fingerprint density at radius 2 is 2.05 bits per heavy atom. The van der Waals surface area contributed by atoms with E-state index in [1.807, 2.05) is 6.07 Å². The Morgan fingerprint density at radius 3 is 2.67 bits per heavy atom. The van der Waals surface area contributed by atoms with E-state index in [9.17, 15) is 8.42 Å². The van der Waals surface area contributed by atoms with Crippen LogP contribution in [0.25, 0.3) is 22.4 Å². The van der Waals surface area contributed by atoms with Crippen LogP contribution in [-0.4, -0.2) is 36.5 Å². The molecule has 0 aliphatic heterocycles. The highest BCUT2D eigenvalue weighted by atomic mass is 32.2.